The van der Waals surface area contributed by atoms with Crippen LogP contribution < -0.4 is 5.32 Å². The first-order valence-corrected chi connectivity index (χ1v) is 8.23. The van der Waals surface area contributed by atoms with Crippen molar-refractivity contribution in [1.29, 1.82) is 0 Å². The summed E-state index contributed by atoms with van der Waals surface area (Å²) in [6.07, 6.45) is 5.06. The van der Waals surface area contributed by atoms with Crippen molar-refractivity contribution in [3.05, 3.63) is 64.7 Å². The van der Waals surface area contributed by atoms with Crippen LogP contribution in [0.3, 0.4) is 0 Å². The third-order valence-electron chi connectivity index (χ3n) is 4.42. The van der Waals surface area contributed by atoms with Gasteiger partial charge in [-0.3, -0.25) is 9.78 Å². The van der Waals surface area contributed by atoms with E-state index in [1.165, 1.54) is 12.1 Å². The molecular formula is C18H18ClFN2O2. The second-order valence-corrected chi connectivity index (χ2v) is 6.56. The number of pyridine rings is 1. The third kappa shape index (κ3) is 3.91. The first-order chi connectivity index (χ1) is 11.5. The molecule has 0 aliphatic heterocycles. The van der Waals surface area contributed by atoms with Crippen LogP contribution in [0.5, 0.6) is 0 Å². The number of aliphatic hydroxyl groups excluding tert-OH is 1. The second kappa shape index (κ2) is 7.28. The number of nitrogens with one attached hydrogen (secondary N) is 1. The predicted molar refractivity (Wildman–Crippen MR) is 89.3 cm³/mol. The Labute approximate surface area is 144 Å². The summed E-state index contributed by atoms with van der Waals surface area (Å²) in [7, 11) is 0. The van der Waals surface area contributed by atoms with Crippen LogP contribution in [0.2, 0.25) is 5.02 Å². The molecule has 1 saturated carbocycles. The van der Waals surface area contributed by atoms with Crippen LogP contribution in [0, 0.1) is 11.7 Å². The Bertz CT molecular complexity index is 720. The number of hydrogen-bond donors (Lipinski definition) is 2. The highest BCUT2D eigenvalue weighted by Crippen LogP contribution is 2.32. The lowest BCUT2D eigenvalue weighted by atomic mass is 9.75. The number of halogens is 2. The molecule has 3 rings (SSSR count). The molecule has 0 spiro atoms. The number of hydrogen-bond acceptors (Lipinski definition) is 3. The topological polar surface area (TPSA) is 62.2 Å². The van der Waals surface area contributed by atoms with Gasteiger partial charge in [-0.05, 0) is 61.1 Å². The van der Waals surface area contributed by atoms with Gasteiger partial charge in [-0.2, -0.15) is 0 Å². The second-order valence-electron chi connectivity index (χ2n) is 6.15. The molecule has 1 amide bonds. The summed E-state index contributed by atoms with van der Waals surface area (Å²) in [5.41, 5.74) is 1.29. The van der Waals surface area contributed by atoms with Crippen LogP contribution >= 0.6 is 11.6 Å². The molecule has 1 aliphatic carbocycles. The zero-order chi connectivity index (χ0) is 17.1. The van der Waals surface area contributed by atoms with Crippen molar-refractivity contribution in [3.8, 4) is 0 Å². The summed E-state index contributed by atoms with van der Waals surface area (Å²) in [6.45, 7) is 0. The summed E-state index contributed by atoms with van der Waals surface area (Å²) >= 11 is 5.66. The van der Waals surface area contributed by atoms with Gasteiger partial charge in [-0.1, -0.05) is 11.6 Å². The largest absolute Gasteiger partial charge is 0.393 e. The molecule has 1 aromatic carbocycles. The monoisotopic (exact) mass is 348 g/mol. The fourth-order valence-corrected chi connectivity index (χ4v) is 3.07. The van der Waals surface area contributed by atoms with Gasteiger partial charge in [0.05, 0.1) is 11.1 Å². The van der Waals surface area contributed by atoms with Crippen LogP contribution in [0.4, 0.5) is 4.39 Å². The first-order valence-electron chi connectivity index (χ1n) is 7.86. The molecule has 0 saturated heterocycles. The third-order valence-corrected chi connectivity index (χ3v) is 4.73. The molecule has 1 heterocycles. The summed E-state index contributed by atoms with van der Waals surface area (Å²) in [6, 6.07) is 7.68. The highest BCUT2D eigenvalue weighted by atomic mass is 35.5. The lowest BCUT2D eigenvalue weighted by Gasteiger charge is -2.38. The van der Waals surface area contributed by atoms with Crippen LogP contribution in [-0.2, 0) is 6.42 Å². The lowest BCUT2D eigenvalue weighted by molar-refractivity contribution is 0.0239. The number of aromatic nitrogens is 1. The number of nitrogens with zero attached hydrogens (tertiary/aromatic N) is 1. The molecule has 1 fully saturated rings. The molecule has 6 heteroatoms. The lowest BCUT2D eigenvalue weighted by Crippen LogP contribution is -2.48. The van der Waals surface area contributed by atoms with Gasteiger partial charge in [0.2, 0.25) is 0 Å². The van der Waals surface area contributed by atoms with Gasteiger partial charge in [-0.25, -0.2) is 4.39 Å². The van der Waals surface area contributed by atoms with Crippen LogP contribution in [0.1, 0.15) is 28.8 Å². The number of carbonyl (C=O) groups excluding carboxylic acids is 1. The SMILES string of the molecule is O=C(N[C@H](Cc1ccncc1)C1CC(O)C1)c1ccc(Cl)c(F)c1. The Morgan fingerprint density at radius 2 is 2.04 bits per heavy atom. The minimum absolute atomic E-state index is 0.0120. The van der Waals surface area contributed by atoms with Crippen LogP contribution in [0.25, 0.3) is 0 Å². The minimum Gasteiger partial charge on any atom is -0.393 e. The molecule has 1 atom stereocenters. The number of aliphatic hydroxyl groups is 1. The predicted octanol–water partition coefficient (Wildman–Crippen LogP) is 2.99. The van der Waals surface area contributed by atoms with E-state index in [0.29, 0.717) is 19.3 Å². The number of amides is 1. The molecule has 1 aromatic heterocycles. The Kier molecular flexibility index (Phi) is 5.11. The average Bonchev–Trinajstić information content (AvgIpc) is 2.55. The fraction of sp³-hybridized carbons (Fsp3) is 0.333. The van der Waals surface area contributed by atoms with Crippen molar-refractivity contribution >= 4 is 17.5 Å². The molecule has 4 nitrogen and oxygen atoms in total. The molecule has 0 radical (unpaired) electrons. The van der Waals surface area contributed by atoms with E-state index in [0.717, 1.165) is 11.6 Å². The van der Waals surface area contributed by atoms with E-state index in [1.54, 1.807) is 12.4 Å². The normalized spacial score (nSPS) is 21.0. The zero-order valence-corrected chi connectivity index (χ0v) is 13.7. The maximum Gasteiger partial charge on any atom is 0.251 e. The van der Waals surface area contributed by atoms with E-state index in [2.05, 4.69) is 10.3 Å². The molecule has 1 aliphatic rings. The van der Waals surface area contributed by atoms with Crippen molar-refractivity contribution < 1.29 is 14.3 Å². The van der Waals surface area contributed by atoms with Gasteiger partial charge in [0.25, 0.3) is 5.91 Å². The maximum absolute atomic E-state index is 13.6. The Morgan fingerprint density at radius 1 is 1.33 bits per heavy atom. The van der Waals surface area contributed by atoms with Gasteiger partial charge in [-0.15, -0.1) is 0 Å². The summed E-state index contributed by atoms with van der Waals surface area (Å²) in [4.78, 5) is 16.4. The standard InChI is InChI=1S/C18H18ClFN2O2/c19-15-2-1-12(10-16(15)20)18(24)22-17(13-8-14(23)9-13)7-11-3-5-21-6-4-11/h1-6,10,13-14,17,23H,7-9H2,(H,22,24)/t13?,14?,17-/m1/s1. The Balaban J connectivity index is 1.73. The number of benzene rings is 1. The Hall–Kier alpha value is -1.98. The van der Waals surface area contributed by atoms with Gasteiger partial charge in [0.1, 0.15) is 5.82 Å². The van der Waals surface area contributed by atoms with E-state index in [1.807, 2.05) is 12.1 Å². The molecule has 0 bridgehead atoms. The van der Waals surface area contributed by atoms with Crippen molar-refractivity contribution in [2.24, 2.45) is 5.92 Å². The fourth-order valence-electron chi connectivity index (χ4n) is 2.96. The highest BCUT2D eigenvalue weighted by Gasteiger charge is 2.35. The summed E-state index contributed by atoms with van der Waals surface area (Å²) in [5.74, 6) is -0.755. The quantitative estimate of drug-likeness (QED) is 0.873. The van der Waals surface area contributed by atoms with Gasteiger partial charge >= 0.3 is 0 Å². The van der Waals surface area contributed by atoms with Crippen LogP contribution in [-0.4, -0.2) is 28.1 Å². The van der Waals surface area contributed by atoms with Crippen molar-refractivity contribution in [1.82, 2.24) is 10.3 Å². The molecule has 0 unspecified atom stereocenters. The molecular weight excluding hydrogens is 331 g/mol. The molecule has 24 heavy (non-hydrogen) atoms. The van der Waals surface area contributed by atoms with Gasteiger partial charge in [0.15, 0.2) is 0 Å². The van der Waals surface area contributed by atoms with E-state index >= 15 is 0 Å². The number of carbonyl (C=O) groups is 1. The van der Waals surface area contributed by atoms with E-state index < -0.39 is 5.82 Å². The highest BCUT2D eigenvalue weighted by molar-refractivity contribution is 6.30. The molecule has 2 N–H and O–H groups in total. The van der Waals surface area contributed by atoms with Crippen molar-refractivity contribution in [3.63, 3.8) is 0 Å². The van der Waals surface area contributed by atoms with E-state index in [4.69, 9.17) is 11.6 Å². The smallest absolute Gasteiger partial charge is 0.251 e. The molecule has 126 valence electrons. The zero-order valence-electron chi connectivity index (χ0n) is 13.0. The minimum atomic E-state index is -0.617. The average molecular weight is 349 g/mol. The van der Waals surface area contributed by atoms with Crippen LogP contribution in [0.15, 0.2) is 42.7 Å². The van der Waals surface area contributed by atoms with E-state index in [-0.39, 0.29) is 34.6 Å². The number of rotatable bonds is 5. The van der Waals surface area contributed by atoms with Crippen molar-refractivity contribution in [2.75, 3.05) is 0 Å². The van der Waals surface area contributed by atoms with Gasteiger partial charge in [0, 0.05) is 24.0 Å². The van der Waals surface area contributed by atoms with E-state index in [9.17, 15) is 14.3 Å². The maximum atomic E-state index is 13.6. The molecule has 2 aromatic rings. The summed E-state index contributed by atoms with van der Waals surface area (Å²) < 4.78 is 13.6. The van der Waals surface area contributed by atoms with Crippen molar-refractivity contribution in [2.45, 2.75) is 31.4 Å². The van der Waals surface area contributed by atoms with Gasteiger partial charge < -0.3 is 10.4 Å². The summed E-state index contributed by atoms with van der Waals surface area (Å²) in [5, 5.41) is 12.5. The first kappa shape index (κ1) is 16.9. The Morgan fingerprint density at radius 3 is 2.67 bits per heavy atom.